The lowest BCUT2D eigenvalue weighted by Gasteiger charge is -2.36. The van der Waals surface area contributed by atoms with E-state index in [2.05, 4.69) is 32.1 Å². The maximum absolute atomic E-state index is 12.6. The number of benzene rings is 1. The van der Waals surface area contributed by atoms with E-state index in [1.807, 2.05) is 13.0 Å². The predicted octanol–water partition coefficient (Wildman–Crippen LogP) is 4.27. The minimum atomic E-state index is 0.107. The van der Waals surface area contributed by atoms with Crippen LogP contribution in [0.25, 0.3) is 6.08 Å². The summed E-state index contributed by atoms with van der Waals surface area (Å²) in [7, 11) is 0. The second-order valence-corrected chi connectivity index (χ2v) is 6.65. The monoisotopic (exact) mass is 268 g/mol. The number of ketones is 1. The third-order valence-corrected chi connectivity index (χ3v) is 4.68. The highest BCUT2D eigenvalue weighted by Crippen LogP contribution is 2.45. The quantitative estimate of drug-likeness (QED) is 0.762. The Balaban J connectivity index is 2.19. The Kier molecular flexibility index (Phi) is 2.86. The van der Waals surface area contributed by atoms with Gasteiger partial charge < -0.3 is 5.11 Å². The number of hydrogen-bond donors (Lipinski definition) is 1. The van der Waals surface area contributed by atoms with Gasteiger partial charge in [-0.15, -0.1) is 0 Å². The highest BCUT2D eigenvalue weighted by molar-refractivity contribution is 6.01. The van der Waals surface area contributed by atoms with Gasteiger partial charge in [-0.2, -0.15) is 0 Å². The summed E-state index contributed by atoms with van der Waals surface area (Å²) in [6.45, 7) is 6.28. The largest absolute Gasteiger partial charge is 0.508 e. The molecule has 1 aromatic rings. The fourth-order valence-electron chi connectivity index (χ4n) is 3.30. The topological polar surface area (TPSA) is 37.3 Å². The summed E-state index contributed by atoms with van der Waals surface area (Å²) >= 11 is 0. The van der Waals surface area contributed by atoms with Crippen molar-refractivity contribution in [3.05, 3.63) is 46.5 Å². The number of aromatic hydroxyl groups is 1. The van der Waals surface area contributed by atoms with Gasteiger partial charge in [0.05, 0.1) is 0 Å². The molecule has 1 atom stereocenters. The Bertz CT molecular complexity index is 648. The normalized spacial score (nSPS) is 23.6. The van der Waals surface area contributed by atoms with E-state index < -0.39 is 0 Å². The zero-order chi connectivity index (χ0) is 14.5. The summed E-state index contributed by atoms with van der Waals surface area (Å²) in [5, 5.41) is 9.89. The van der Waals surface area contributed by atoms with Crippen molar-refractivity contribution in [3.8, 4) is 5.75 Å². The van der Waals surface area contributed by atoms with Crippen LogP contribution in [0, 0.1) is 18.3 Å². The first-order valence-corrected chi connectivity index (χ1v) is 7.13. The van der Waals surface area contributed by atoms with E-state index in [0.29, 0.717) is 6.42 Å². The lowest BCUT2D eigenvalue weighted by Crippen LogP contribution is -2.28. The van der Waals surface area contributed by atoms with E-state index in [0.717, 1.165) is 23.1 Å². The minimum absolute atomic E-state index is 0.107. The first-order chi connectivity index (χ1) is 9.38. The SMILES string of the molecule is Cc1cc2c(cc1O)C=C1C=CCC(C)(C)[C@@H]1CC2=O. The van der Waals surface area contributed by atoms with Crippen LogP contribution in [0.2, 0.25) is 0 Å². The molecule has 2 nitrogen and oxygen atoms in total. The van der Waals surface area contributed by atoms with Crippen molar-refractivity contribution in [1.29, 1.82) is 0 Å². The average Bonchev–Trinajstić information content (AvgIpc) is 2.49. The Morgan fingerprint density at radius 2 is 2.05 bits per heavy atom. The van der Waals surface area contributed by atoms with Gasteiger partial charge in [-0.05, 0) is 53.5 Å². The predicted molar refractivity (Wildman–Crippen MR) is 80.8 cm³/mol. The first-order valence-electron chi connectivity index (χ1n) is 7.13. The van der Waals surface area contributed by atoms with Gasteiger partial charge in [-0.25, -0.2) is 0 Å². The summed E-state index contributed by atoms with van der Waals surface area (Å²) in [5.41, 5.74) is 3.66. The highest BCUT2D eigenvalue weighted by atomic mass is 16.3. The van der Waals surface area contributed by atoms with E-state index in [1.165, 1.54) is 5.57 Å². The number of Topliss-reactive ketones (excluding diaryl/α,β-unsaturated/α-hetero) is 1. The molecule has 0 aromatic heterocycles. The lowest BCUT2D eigenvalue weighted by atomic mass is 9.67. The molecule has 1 N–H and O–H groups in total. The molecular formula is C18H20O2. The summed E-state index contributed by atoms with van der Waals surface area (Å²) in [4.78, 5) is 12.6. The van der Waals surface area contributed by atoms with Crippen molar-refractivity contribution in [3.63, 3.8) is 0 Å². The van der Waals surface area contributed by atoms with Crippen molar-refractivity contribution in [2.75, 3.05) is 0 Å². The van der Waals surface area contributed by atoms with Crippen molar-refractivity contribution in [2.45, 2.75) is 33.6 Å². The Hall–Kier alpha value is -1.83. The van der Waals surface area contributed by atoms with Gasteiger partial charge in [0.15, 0.2) is 5.78 Å². The highest BCUT2D eigenvalue weighted by Gasteiger charge is 2.36. The number of phenols is 1. The van der Waals surface area contributed by atoms with Crippen LogP contribution in [0.15, 0.2) is 29.9 Å². The maximum atomic E-state index is 12.6. The van der Waals surface area contributed by atoms with E-state index in [1.54, 1.807) is 6.07 Å². The number of phenolic OH excluding ortho intramolecular Hbond substituents is 1. The van der Waals surface area contributed by atoms with Crippen LogP contribution in [-0.2, 0) is 0 Å². The molecule has 0 fully saturated rings. The summed E-state index contributed by atoms with van der Waals surface area (Å²) in [6.07, 6.45) is 7.95. The fraction of sp³-hybridized carbons (Fsp3) is 0.389. The zero-order valence-corrected chi connectivity index (χ0v) is 12.2. The van der Waals surface area contributed by atoms with Crippen LogP contribution in [0.5, 0.6) is 5.75 Å². The third kappa shape index (κ3) is 2.00. The van der Waals surface area contributed by atoms with Crippen LogP contribution < -0.4 is 0 Å². The van der Waals surface area contributed by atoms with Crippen LogP contribution in [0.1, 0.15) is 48.2 Å². The zero-order valence-electron chi connectivity index (χ0n) is 12.2. The molecule has 0 amide bonds. The minimum Gasteiger partial charge on any atom is -0.508 e. The van der Waals surface area contributed by atoms with Crippen LogP contribution >= 0.6 is 0 Å². The average molecular weight is 268 g/mol. The molecule has 0 heterocycles. The van der Waals surface area contributed by atoms with E-state index >= 15 is 0 Å². The third-order valence-electron chi connectivity index (χ3n) is 4.68. The molecule has 0 saturated carbocycles. The summed E-state index contributed by atoms with van der Waals surface area (Å²) in [6, 6.07) is 3.53. The van der Waals surface area contributed by atoms with Gasteiger partial charge in [0, 0.05) is 12.0 Å². The van der Waals surface area contributed by atoms with Crippen LogP contribution in [-0.4, -0.2) is 10.9 Å². The van der Waals surface area contributed by atoms with Gasteiger partial charge in [-0.3, -0.25) is 4.79 Å². The van der Waals surface area contributed by atoms with Crippen LogP contribution in [0.4, 0.5) is 0 Å². The lowest BCUT2D eigenvalue weighted by molar-refractivity contribution is 0.0930. The van der Waals surface area contributed by atoms with Gasteiger partial charge >= 0.3 is 0 Å². The molecule has 2 aliphatic rings. The molecule has 0 saturated heterocycles. The van der Waals surface area contributed by atoms with E-state index in [-0.39, 0.29) is 22.9 Å². The Labute approximate surface area is 119 Å². The standard InChI is InChI=1S/C18H20O2/c1-11-7-14-13(9-16(11)19)8-12-5-4-6-18(2,3)15(12)10-17(14)20/h4-5,7-9,15,19H,6,10H2,1-3H3/t15-/m1/s1. The number of aryl methyl sites for hydroxylation is 1. The van der Waals surface area contributed by atoms with Gasteiger partial charge in [-0.1, -0.05) is 32.1 Å². The number of carbonyl (C=O) groups is 1. The second kappa shape index (κ2) is 4.34. The van der Waals surface area contributed by atoms with E-state index in [4.69, 9.17) is 0 Å². The maximum Gasteiger partial charge on any atom is 0.164 e. The van der Waals surface area contributed by atoms with Crippen molar-refractivity contribution >= 4 is 11.9 Å². The van der Waals surface area contributed by atoms with Gasteiger partial charge in [0.2, 0.25) is 0 Å². The van der Waals surface area contributed by atoms with Crippen molar-refractivity contribution < 1.29 is 9.90 Å². The van der Waals surface area contributed by atoms with Gasteiger partial charge in [0.1, 0.15) is 5.75 Å². The molecule has 104 valence electrons. The molecule has 0 spiro atoms. The molecule has 0 unspecified atom stereocenters. The molecule has 0 bridgehead atoms. The number of rotatable bonds is 0. The Morgan fingerprint density at radius 3 is 2.80 bits per heavy atom. The summed E-state index contributed by atoms with van der Waals surface area (Å²) < 4.78 is 0. The molecule has 2 heteroatoms. The second-order valence-electron chi connectivity index (χ2n) is 6.65. The van der Waals surface area contributed by atoms with Gasteiger partial charge in [0.25, 0.3) is 0 Å². The van der Waals surface area contributed by atoms with Crippen molar-refractivity contribution in [2.24, 2.45) is 11.3 Å². The molecule has 0 radical (unpaired) electrons. The first kappa shape index (κ1) is 13.2. The molecular weight excluding hydrogens is 248 g/mol. The smallest absolute Gasteiger partial charge is 0.164 e. The number of allylic oxidation sites excluding steroid dienone is 3. The fourth-order valence-corrected chi connectivity index (χ4v) is 3.30. The van der Waals surface area contributed by atoms with E-state index in [9.17, 15) is 9.90 Å². The molecule has 1 aromatic carbocycles. The molecule has 20 heavy (non-hydrogen) atoms. The number of fused-ring (bicyclic) bond motifs is 2. The summed E-state index contributed by atoms with van der Waals surface area (Å²) in [5.74, 6) is 0.698. The number of hydrogen-bond acceptors (Lipinski definition) is 2. The molecule has 2 aliphatic carbocycles. The number of carbonyl (C=O) groups excluding carboxylic acids is 1. The Morgan fingerprint density at radius 1 is 1.30 bits per heavy atom. The molecule has 3 rings (SSSR count). The molecule has 0 aliphatic heterocycles. The van der Waals surface area contributed by atoms with Crippen LogP contribution in [0.3, 0.4) is 0 Å². The van der Waals surface area contributed by atoms with Crippen molar-refractivity contribution in [1.82, 2.24) is 0 Å².